The van der Waals surface area contributed by atoms with Crippen molar-refractivity contribution in [2.75, 3.05) is 6.54 Å². The second-order valence-electron chi connectivity index (χ2n) is 8.66. The Labute approximate surface area is 179 Å². The van der Waals surface area contributed by atoms with Crippen molar-refractivity contribution in [3.05, 3.63) is 45.0 Å². The van der Waals surface area contributed by atoms with E-state index in [0.717, 1.165) is 40.5 Å². The maximum absolute atomic E-state index is 12.6. The van der Waals surface area contributed by atoms with E-state index in [1.165, 1.54) is 0 Å². The lowest BCUT2D eigenvalue weighted by atomic mass is 9.82. The van der Waals surface area contributed by atoms with Crippen LogP contribution in [0.1, 0.15) is 48.1 Å². The van der Waals surface area contributed by atoms with E-state index in [1.807, 2.05) is 26.8 Å². The van der Waals surface area contributed by atoms with Crippen LogP contribution < -0.4 is 10.9 Å². The van der Waals surface area contributed by atoms with Crippen LogP contribution in [0, 0.1) is 32.6 Å². The summed E-state index contributed by atoms with van der Waals surface area (Å²) in [6.07, 6.45) is 2.81. The predicted octanol–water partition coefficient (Wildman–Crippen LogP) is 4.01. The van der Waals surface area contributed by atoms with Crippen LogP contribution in [-0.2, 0) is 16.0 Å². The molecule has 0 aliphatic heterocycles. The quantitative estimate of drug-likeness (QED) is 0.598. The Bertz CT molecular complexity index is 1230. The number of carboxylic acid groups (broad SMARTS) is 1. The summed E-state index contributed by atoms with van der Waals surface area (Å²) in [4.78, 5) is 36.2. The van der Waals surface area contributed by atoms with Crippen molar-refractivity contribution in [3.63, 3.8) is 0 Å². The average molecular weight is 425 g/mol. The van der Waals surface area contributed by atoms with E-state index in [2.05, 4.69) is 5.32 Å². The van der Waals surface area contributed by atoms with Gasteiger partial charge in [0, 0.05) is 23.4 Å². The van der Waals surface area contributed by atoms with Gasteiger partial charge in [0.1, 0.15) is 16.9 Å². The minimum atomic E-state index is -0.737. The smallest absolute Gasteiger partial charge is 0.340 e. The third-order valence-corrected chi connectivity index (χ3v) is 6.70. The lowest BCUT2D eigenvalue weighted by Crippen LogP contribution is -2.34. The van der Waals surface area contributed by atoms with Gasteiger partial charge in [-0.2, -0.15) is 0 Å². The number of amides is 1. The number of aliphatic carboxylic acids is 1. The summed E-state index contributed by atoms with van der Waals surface area (Å²) in [7, 11) is 0. The highest BCUT2D eigenvalue weighted by atomic mass is 16.4. The molecule has 2 N–H and O–H groups in total. The van der Waals surface area contributed by atoms with Crippen LogP contribution in [0.2, 0.25) is 0 Å². The molecule has 0 saturated heterocycles. The number of furan rings is 1. The third kappa shape index (κ3) is 4.09. The molecule has 164 valence electrons. The number of hydrogen-bond acceptors (Lipinski definition) is 5. The SMILES string of the molecule is Cc1oc2cc3oc(=O)c(CC(=O)NCC4CCC(C(=O)O)CC4)c(C)c3cc2c1C. The summed E-state index contributed by atoms with van der Waals surface area (Å²) in [5.74, 6) is -0.145. The fourth-order valence-electron chi connectivity index (χ4n) is 4.52. The zero-order chi connectivity index (χ0) is 22.3. The van der Waals surface area contributed by atoms with Gasteiger partial charge in [-0.15, -0.1) is 0 Å². The first-order chi connectivity index (χ1) is 14.7. The Morgan fingerprint density at radius 2 is 1.65 bits per heavy atom. The second-order valence-corrected chi connectivity index (χ2v) is 8.66. The Morgan fingerprint density at radius 3 is 2.32 bits per heavy atom. The molecule has 3 aromatic rings. The van der Waals surface area contributed by atoms with E-state index < -0.39 is 11.6 Å². The third-order valence-electron chi connectivity index (χ3n) is 6.70. The van der Waals surface area contributed by atoms with Crippen molar-refractivity contribution in [3.8, 4) is 0 Å². The standard InChI is InChI=1S/C24H27NO6/c1-12-14(3)30-20-10-21-18(8-17(12)20)13(2)19(24(29)31-21)9-22(26)25-11-15-4-6-16(7-5-15)23(27)28/h8,10,15-16H,4-7,9,11H2,1-3H3,(H,25,26)(H,27,28). The Morgan fingerprint density at radius 1 is 1.00 bits per heavy atom. The predicted molar refractivity (Wildman–Crippen MR) is 116 cm³/mol. The number of carbonyl (C=O) groups is 2. The molecule has 1 saturated carbocycles. The highest BCUT2D eigenvalue weighted by Gasteiger charge is 2.26. The first-order valence-corrected chi connectivity index (χ1v) is 10.7. The molecular weight excluding hydrogens is 398 g/mol. The van der Waals surface area contributed by atoms with Gasteiger partial charge in [0.15, 0.2) is 0 Å². The summed E-state index contributed by atoms with van der Waals surface area (Å²) in [6, 6.07) is 3.69. The highest BCUT2D eigenvalue weighted by molar-refractivity contribution is 5.97. The zero-order valence-corrected chi connectivity index (χ0v) is 18.0. The molecule has 4 rings (SSSR count). The Kier molecular flexibility index (Phi) is 5.60. The lowest BCUT2D eigenvalue weighted by molar-refractivity contribution is -0.143. The van der Waals surface area contributed by atoms with E-state index in [0.29, 0.717) is 36.1 Å². The number of nitrogens with one attached hydrogen (secondary N) is 1. The van der Waals surface area contributed by atoms with Crippen molar-refractivity contribution in [2.24, 2.45) is 11.8 Å². The van der Waals surface area contributed by atoms with Crippen LogP contribution >= 0.6 is 0 Å². The van der Waals surface area contributed by atoms with E-state index in [1.54, 1.807) is 6.07 Å². The molecule has 7 nitrogen and oxygen atoms in total. The van der Waals surface area contributed by atoms with Crippen molar-refractivity contribution >= 4 is 33.8 Å². The van der Waals surface area contributed by atoms with Gasteiger partial charge in [-0.05, 0) is 69.6 Å². The number of benzene rings is 1. The van der Waals surface area contributed by atoms with Crippen LogP contribution in [-0.4, -0.2) is 23.5 Å². The van der Waals surface area contributed by atoms with Crippen LogP contribution in [0.4, 0.5) is 0 Å². The molecule has 2 heterocycles. The molecule has 1 aliphatic carbocycles. The van der Waals surface area contributed by atoms with Crippen LogP contribution in [0.3, 0.4) is 0 Å². The first kappa shape index (κ1) is 21.2. The molecule has 0 bridgehead atoms. The molecule has 1 amide bonds. The van der Waals surface area contributed by atoms with Crippen LogP contribution in [0.25, 0.3) is 21.9 Å². The first-order valence-electron chi connectivity index (χ1n) is 10.7. The molecule has 0 unspecified atom stereocenters. The highest BCUT2D eigenvalue weighted by Crippen LogP contribution is 2.31. The maximum atomic E-state index is 12.6. The molecular formula is C24H27NO6. The van der Waals surface area contributed by atoms with Crippen molar-refractivity contribution < 1.29 is 23.5 Å². The number of rotatable bonds is 5. The van der Waals surface area contributed by atoms with Gasteiger partial charge < -0.3 is 19.3 Å². The molecule has 7 heteroatoms. The summed E-state index contributed by atoms with van der Waals surface area (Å²) in [6.45, 7) is 6.22. The topological polar surface area (TPSA) is 110 Å². The van der Waals surface area contributed by atoms with Crippen LogP contribution in [0.15, 0.2) is 25.8 Å². The number of aryl methyl sites for hydroxylation is 3. The second kappa shape index (κ2) is 8.21. The van der Waals surface area contributed by atoms with Crippen molar-refractivity contribution in [1.29, 1.82) is 0 Å². The van der Waals surface area contributed by atoms with E-state index >= 15 is 0 Å². The number of hydrogen-bond donors (Lipinski definition) is 2. The zero-order valence-electron chi connectivity index (χ0n) is 18.0. The number of fused-ring (bicyclic) bond motifs is 2. The lowest BCUT2D eigenvalue weighted by Gasteiger charge is -2.26. The number of carbonyl (C=O) groups excluding carboxylic acids is 1. The molecule has 31 heavy (non-hydrogen) atoms. The summed E-state index contributed by atoms with van der Waals surface area (Å²) >= 11 is 0. The minimum Gasteiger partial charge on any atom is -0.481 e. The van der Waals surface area contributed by atoms with Gasteiger partial charge in [0.25, 0.3) is 0 Å². The van der Waals surface area contributed by atoms with Gasteiger partial charge in [-0.1, -0.05) is 0 Å². The van der Waals surface area contributed by atoms with Crippen LogP contribution in [0.5, 0.6) is 0 Å². The van der Waals surface area contributed by atoms with Gasteiger partial charge in [0.05, 0.1) is 17.9 Å². The van der Waals surface area contributed by atoms with Gasteiger partial charge in [-0.25, -0.2) is 4.79 Å². The molecule has 0 radical (unpaired) electrons. The Balaban J connectivity index is 1.49. The van der Waals surface area contributed by atoms with E-state index in [4.69, 9.17) is 13.9 Å². The normalized spacial score (nSPS) is 19.1. The fourth-order valence-corrected chi connectivity index (χ4v) is 4.52. The van der Waals surface area contributed by atoms with E-state index in [9.17, 15) is 14.4 Å². The largest absolute Gasteiger partial charge is 0.481 e. The van der Waals surface area contributed by atoms with Gasteiger partial charge in [-0.3, -0.25) is 9.59 Å². The fraction of sp³-hybridized carbons (Fsp3) is 0.458. The molecule has 0 spiro atoms. The van der Waals surface area contributed by atoms with Gasteiger partial charge in [0.2, 0.25) is 5.91 Å². The minimum absolute atomic E-state index is 0.0456. The molecule has 0 atom stereocenters. The molecule has 2 aromatic heterocycles. The molecule has 1 aromatic carbocycles. The van der Waals surface area contributed by atoms with Crippen molar-refractivity contribution in [1.82, 2.24) is 5.32 Å². The van der Waals surface area contributed by atoms with E-state index in [-0.39, 0.29) is 24.2 Å². The van der Waals surface area contributed by atoms with Crippen molar-refractivity contribution in [2.45, 2.75) is 52.9 Å². The molecule has 1 aliphatic rings. The monoisotopic (exact) mass is 425 g/mol. The average Bonchev–Trinajstić information content (AvgIpc) is 3.01. The number of carboxylic acids is 1. The summed E-state index contributed by atoms with van der Waals surface area (Å²) < 4.78 is 11.2. The Hall–Kier alpha value is -3.09. The van der Waals surface area contributed by atoms with Gasteiger partial charge >= 0.3 is 11.6 Å². The molecule has 1 fully saturated rings. The maximum Gasteiger partial charge on any atom is 0.340 e. The summed E-state index contributed by atoms with van der Waals surface area (Å²) in [5, 5.41) is 13.8. The summed E-state index contributed by atoms with van der Waals surface area (Å²) in [5.41, 5.74) is 2.75.